The number of hydrogen-bond acceptors (Lipinski definition) is 5. The van der Waals surface area contributed by atoms with E-state index in [-0.39, 0.29) is 12.0 Å². The summed E-state index contributed by atoms with van der Waals surface area (Å²) in [6.45, 7) is 1.50. The van der Waals surface area contributed by atoms with Crippen LogP contribution in [0.4, 0.5) is 11.5 Å². The minimum Gasteiger partial charge on any atom is -0.376 e. The van der Waals surface area contributed by atoms with Crippen molar-refractivity contribution in [3.05, 3.63) is 46.8 Å². The fourth-order valence-electron chi connectivity index (χ4n) is 2.36. The molecule has 1 aromatic carbocycles. The molecular formula is C16H17BrN4O2. The molecule has 0 radical (unpaired) electrons. The third-order valence-corrected chi connectivity index (χ3v) is 4.01. The molecule has 2 heterocycles. The molecule has 3 rings (SSSR count). The largest absolute Gasteiger partial charge is 0.376 e. The van der Waals surface area contributed by atoms with Crippen molar-refractivity contribution in [3.63, 3.8) is 0 Å². The fourth-order valence-corrected chi connectivity index (χ4v) is 2.76. The lowest BCUT2D eigenvalue weighted by molar-refractivity contribution is 0.102. The summed E-state index contributed by atoms with van der Waals surface area (Å²) >= 11 is 3.37. The van der Waals surface area contributed by atoms with E-state index in [1.54, 1.807) is 6.07 Å². The smallest absolute Gasteiger partial charge is 0.274 e. The van der Waals surface area contributed by atoms with Crippen molar-refractivity contribution in [3.8, 4) is 0 Å². The van der Waals surface area contributed by atoms with Crippen molar-refractivity contribution in [2.24, 2.45) is 0 Å². The normalized spacial score (nSPS) is 17.0. The molecule has 1 aliphatic rings. The van der Waals surface area contributed by atoms with Crippen LogP contribution in [0, 0.1) is 0 Å². The maximum Gasteiger partial charge on any atom is 0.274 e. The van der Waals surface area contributed by atoms with E-state index in [1.165, 1.54) is 6.33 Å². The highest BCUT2D eigenvalue weighted by Gasteiger charge is 2.15. The van der Waals surface area contributed by atoms with Gasteiger partial charge >= 0.3 is 0 Å². The minimum atomic E-state index is -0.273. The number of hydrogen-bond donors (Lipinski definition) is 2. The molecule has 1 amide bonds. The van der Waals surface area contributed by atoms with Gasteiger partial charge in [0.05, 0.1) is 6.10 Å². The third-order valence-electron chi connectivity index (χ3n) is 3.52. The van der Waals surface area contributed by atoms with Crippen molar-refractivity contribution in [2.45, 2.75) is 18.9 Å². The van der Waals surface area contributed by atoms with Gasteiger partial charge in [0.15, 0.2) is 0 Å². The van der Waals surface area contributed by atoms with Gasteiger partial charge in [-0.1, -0.05) is 22.0 Å². The van der Waals surface area contributed by atoms with E-state index < -0.39 is 0 Å². The van der Waals surface area contributed by atoms with Gasteiger partial charge < -0.3 is 15.4 Å². The summed E-state index contributed by atoms with van der Waals surface area (Å²) in [4.78, 5) is 20.4. The van der Waals surface area contributed by atoms with Crippen LogP contribution >= 0.6 is 15.9 Å². The Morgan fingerprint density at radius 2 is 2.26 bits per heavy atom. The molecule has 1 atom stereocenters. The Balaban J connectivity index is 1.62. The van der Waals surface area contributed by atoms with Gasteiger partial charge in [-0.05, 0) is 31.0 Å². The number of halogens is 1. The van der Waals surface area contributed by atoms with Gasteiger partial charge in [-0.15, -0.1) is 0 Å². The lowest BCUT2D eigenvalue weighted by atomic mass is 10.2. The van der Waals surface area contributed by atoms with Crippen LogP contribution in [0.25, 0.3) is 0 Å². The van der Waals surface area contributed by atoms with Crippen LogP contribution in [0.2, 0.25) is 0 Å². The lowest BCUT2D eigenvalue weighted by Gasteiger charge is -2.11. The van der Waals surface area contributed by atoms with Crippen molar-refractivity contribution in [2.75, 3.05) is 23.8 Å². The summed E-state index contributed by atoms with van der Waals surface area (Å²) in [5.74, 6) is 0.348. The van der Waals surface area contributed by atoms with Gasteiger partial charge in [-0.2, -0.15) is 0 Å². The molecule has 2 aromatic rings. The highest BCUT2D eigenvalue weighted by Crippen LogP contribution is 2.17. The Labute approximate surface area is 142 Å². The quantitative estimate of drug-likeness (QED) is 0.838. The first-order valence-electron chi connectivity index (χ1n) is 7.45. The predicted molar refractivity (Wildman–Crippen MR) is 91.6 cm³/mol. The Bertz CT molecular complexity index is 689. The first-order valence-corrected chi connectivity index (χ1v) is 8.24. The molecule has 1 aliphatic heterocycles. The zero-order chi connectivity index (χ0) is 16.1. The topological polar surface area (TPSA) is 76.1 Å². The van der Waals surface area contributed by atoms with Crippen LogP contribution in [-0.2, 0) is 4.74 Å². The van der Waals surface area contributed by atoms with E-state index in [1.807, 2.05) is 24.3 Å². The van der Waals surface area contributed by atoms with Crippen molar-refractivity contribution in [1.29, 1.82) is 0 Å². The number of amides is 1. The molecule has 1 unspecified atom stereocenters. The summed E-state index contributed by atoms with van der Waals surface area (Å²) in [5.41, 5.74) is 1.02. The summed E-state index contributed by atoms with van der Waals surface area (Å²) in [6, 6.07) is 9.04. The zero-order valence-electron chi connectivity index (χ0n) is 12.5. The third kappa shape index (κ3) is 4.49. The molecule has 1 fully saturated rings. The van der Waals surface area contributed by atoms with Crippen molar-refractivity contribution >= 4 is 33.3 Å². The second-order valence-corrected chi connectivity index (χ2v) is 6.18. The van der Waals surface area contributed by atoms with Crippen LogP contribution in [0.15, 0.2) is 41.1 Å². The number of aromatic nitrogens is 2. The Morgan fingerprint density at radius 3 is 3.04 bits per heavy atom. The van der Waals surface area contributed by atoms with E-state index in [0.29, 0.717) is 23.7 Å². The molecule has 0 spiro atoms. The number of rotatable bonds is 5. The number of anilines is 2. The molecule has 6 nitrogen and oxygen atoms in total. The standard InChI is InChI=1S/C16H17BrN4O2/c17-11-3-1-4-12(7-11)21-16(22)14-8-15(20-10-19-14)18-9-13-5-2-6-23-13/h1,3-4,7-8,10,13H,2,5-6,9H2,(H,21,22)(H,18,19,20). The Kier molecular flexibility index (Phi) is 5.19. The number of ether oxygens (including phenoxy) is 1. The number of carbonyl (C=O) groups is 1. The van der Waals surface area contributed by atoms with Crippen molar-refractivity contribution < 1.29 is 9.53 Å². The summed E-state index contributed by atoms with van der Waals surface area (Å²) in [5, 5.41) is 6.00. The maximum atomic E-state index is 12.3. The number of benzene rings is 1. The zero-order valence-corrected chi connectivity index (χ0v) is 14.0. The first kappa shape index (κ1) is 15.9. The molecular weight excluding hydrogens is 360 g/mol. The van der Waals surface area contributed by atoms with Crippen LogP contribution in [0.5, 0.6) is 0 Å². The second kappa shape index (κ2) is 7.52. The van der Waals surface area contributed by atoms with Gasteiger partial charge in [0.25, 0.3) is 5.91 Å². The van der Waals surface area contributed by atoms with E-state index in [0.717, 1.165) is 23.9 Å². The first-order chi connectivity index (χ1) is 11.2. The average molecular weight is 377 g/mol. The highest BCUT2D eigenvalue weighted by molar-refractivity contribution is 9.10. The van der Waals surface area contributed by atoms with Gasteiger partial charge in [-0.25, -0.2) is 9.97 Å². The van der Waals surface area contributed by atoms with Crippen LogP contribution in [-0.4, -0.2) is 35.1 Å². The van der Waals surface area contributed by atoms with Crippen molar-refractivity contribution in [1.82, 2.24) is 9.97 Å². The van der Waals surface area contributed by atoms with Gasteiger partial charge in [-0.3, -0.25) is 4.79 Å². The minimum absolute atomic E-state index is 0.212. The molecule has 0 saturated carbocycles. The predicted octanol–water partition coefficient (Wildman–Crippen LogP) is 3.08. The number of nitrogens with zero attached hydrogens (tertiary/aromatic N) is 2. The lowest BCUT2D eigenvalue weighted by Crippen LogP contribution is -2.20. The van der Waals surface area contributed by atoms with E-state index >= 15 is 0 Å². The molecule has 120 valence electrons. The van der Waals surface area contributed by atoms with E-state index in [4.69, 9.17) is 4.74 Å². The van der Waals surface area contributed by atoms with E-state index in [2.05, 4.69) is 36.5 Å². The SMILES string of the molecule is O=C(Nc1cccc(Br)c1)c1cc(NCC2CCCO2)ncn1. The molecule has 1 aromatic heterocycles. The summed E-state index contributed by atoms with van der Waals surface area (Å²) in [6.07, 6.45) is 3.74. The van der Waals surface area contributed by atoms with Gasteiger partial charge in [0.2, 0.25) is 0 Å². The molecule has 0 bridgehead atoms. The van der Waals surface area contributed by atoms with Gasteiger partial charge in [0, 0.05) is 29.4 Å². The Hall–Kier alpha value is -1.99. The molecule has 2 N–H and O–H groups in total. The van der Waals surface area contributed by atoms with Gasteiger partial charge in [0.1, 0.15) is 17.8 Å². The number of nitrogens with one attached hydrogen (secondary N) is 2. The van der Waals surface area contributed by atoms with Crippen LogP contribution in [0.3, 0.4) is 0 Å². The van der Waals surface area contributed by atoms with E-state index in [9.17, 15) is 4.79 Å². The van der Waals surface area contributed by atoms with Crippen LogP contribution < -0.4 is 10.6 Å². The van der Waals surface area contributed by atoms with Crippen LogP contribution in [0.1, 0.15) is 23.3 Å². The number of carbonyl (C=O) groups excluding carboxylic acids is 1. The average Bonchev–Trinajstić information content (AvgIpc) is 3.07. The summed E-state index contributed by atoms with van der Waals surface area (Å²) in [7, 11) is 0. The second-order valence-electron chi connectivity index (χ2n) is 5.27. The maximum absolute atomic E-state index is 12.3. The highest BCUT2D eigenvalue weighted by atomic mass is 79.9. The molecule has 23 heavy (non-hydrogen) atoms. The Morgan fingerprint density at radius 1 is 1.35 bits per heavy atom. The molecule has 7 heteroatoms. The summed E-state index contributed by atoms with van der Waals surface area (Å²) < 4.78 is 6.45. The molecule has 1 saturated heterocycles. The fraction of sp³-hybridized carbons (Fsp3) is 0.312. The monoisotopic (exact) mass is 376 g/mol. The molecule has 0 aliphatic carbocycles.